The largest absolute Gasteiger partial charge is 0.268 e. The van der Waals surface area contributed by atoms with Crippen LogP contribution in [0.5, 0.6) is 0 Å². The molecule has 2 heterocycles. The standard InChI is InChI=1S/C21H22N2OS2/c1-3-13-25-21-22-19-18(16-7-5-6-8-17(16)26-19)20(24)23(21)15-11-9-14(4-2)10-12-15/h3,9-12H,1,4-8,13H2,2H3. The van der Waals surface area contributed by atoms with Gasteiger partial charge in [0.1, 0.15) is 4.83 Å². The second-order valence-corrected chi connectivity index (χ2v) is 8.62. The number of hydrogen-bond donors (Lipinski definition) is 0. The molecule has 134 valence electrons. The number of rotatable bonds is 5. The molecule has 1 aliphatic carbocycles. The van der Waals surface area contributed by atoms with Gasteiger partial charge < -0.3 is 0 Å². The Kier molecular flexibility index (Phi) is 5.00. The third-order valence-corrected chi connectivity index (χ3v) is 7.01. The zero-order valence-electron chi connectivity index (χ0n) is 15.0. The van der Waals surface area contributed by atoms with E-state index in [1.807, 2.05) is 18.2 Å². The molecule has 0 spiro atoms. The highest BCUT2D eigenvalue weighted by Crippen LogP contribution is 2.35. The first-order valence-electron chi connectivity index (χ1n) is 9.13. The second kappa shape index (κ2) is 7.41. The van der Waals surface area contributed by atoms with E-state index in [1.165, 1.54) is 22.4 Å². The van der Waals surface area contributed by atoms with Crippen LogP contribution in [-0.2, 0) is 19.3 Å². The van der Waals surface area contributed by atoms with Gasteiger partial charge in [0.15, 0.2) is 5.16 Å². The van der Waals surface area contributed by atoms with Crippen LogP contribution in [0.2, 0.25) is 0 Å². The van der Waals surface area contributed by atoms with Gasteiger partial charge in [-0.2, -0.15) is 0 Å². The summed E-state index contributed by atoms with van der Waals surface area (Å²) in [5.41, 5.74) is 3.48. The van der Waals surface area contributed by atoms with Gasteiger partial charge in [-0.3, -0.25) is 9.36 Å². The van der Waals surface area contributed by atoms with E-state index in [0.29, 0.717) is 0 Å². The normalized spacial score (nSPS) is 13.7. The van der Waals surface area contributed by atoms with E-state index < -0.39 is 0 Å². The average molecular weight is 383 g/mol. The van der Waals surface area contributed by atoms with Crippen molar-refractivity contribution in [2.45, 2.75) is 44.2 Å². The number of benzene rings is 1. The predicted molar refractivity (Wildman–Crippen MR) is 112 cm³/mol. The number of hydrogen-bond acceptors (Lipinski definition) is 4. The van der Waals surface area contributed by atoms with Crippen LogP contribution in [-0.4, -0.2) is 15.3 Å². The second-order valence-electron chi connectivity index (χ2n) is 6.55. The molecule has 3 aromatic rings. The van der Waals surface area contributed by atoms with E-state index in [2.05, 4.69) is 25.6 Å². The zero-order chi connectivity index (χ0) is 18.1. The quantitative estimate of drug-likeness (QED) is 0.347. The Hall–Kier alpha value is -1.85. The van der Waals surface area contributed by atoms with E-state index in [4.69, 9.17) is 4.98 Å². The molecule has 5 heteroatoms. The van der Waals surface area contributed by atoms with E-state index in [-0.39, 0.29) is 5.56 Å². The number of fused-ring (bicyclic) bond motifs is 3. The summed E-state index contributed by atoms with van der Waals surface area (Å²) in [5.74, 6) is 0.732. The van der Waals surface area contributed by atoms with Crippen LogP contribution < -0.4 is 5.56 Å². The highest BCUT2D eigenvalue weighted by atomic mass is 32.2. The summed E-state index contributed by atoms with van der Waals surface area (Å²) < 4.78 is 1.79. The van der Waals surface area contributed by atoms with Crippen LogP contribution in [0, 0.1) is 0 Å². The van der Waals surface area contributed by atoms with Crippen molar-refractivity contribution in [2.24, 2.45) is 0 Å². The van der Waals surface area contributed by atoms with Gasteiger partial charge in [0, 0.05) is 10.6 Å². The Bertz CT molecular complexity index is 1020. The molecule has 26 heavy (non-hydrogen) atoms. The van der Waals surface area contributed by atoms with Gasteiger partial charge >= 0.3 is 0 Å². The molecular formula is C21H22N2OS2. The molecule has 1 aliphatic rings. The number of aryl methyl sites for hydroxylation is 3. The van der Waals surface area contributed by atoms with Crippen LogP contribution >= 0.6 is 23.1 Å². The highest BCUT2D eigenvalue weighted by Gasteiger charge is 2.22. The maximum atomic E-state index is 13.5. The van der Waals surface area contributed by atoms with E-state index in [0.717, 1.165) is 52.5 Å². The highest BCUT2D eigenvalue weighted by molar-refractivity contribution is 7.99. The van der Waals surface area contributed by atoms with Gasteiger partial charge in [0.25, 0.3) is 5.56 Å². The smallest absolute Gasteiger partial charge is 0.267 e. The molecule has 2 aromatic heterocycles. The van der Waals surface area contributed by atoms with Crippen molar-refractivity contribution in [3.8, 4) is 5.69 Å². The third kappa shape index (κ3) is 3.03. The van der Waals surface area contributed by atoms with Crippen LogP contribution in [0.15, 0.2) is 46.9 Å². The summed E-state index contributed by atoms with van der Waals surface area (Å²) in [6.45, 7) is 5.94. The van der Waals surface area contributed by atoms with Crippen molar-refractivity contribution in [3.63, 3.8) is 0 Å². The number of aromatic nitrogens is 2. The summed E-state index contributed by atoms with van der Waals surface area (Å²) in [4.78, 5) is 20.6. The summed E-state index contributed by atoms with van der Waals surface area (Å²) in [7, 11) is 0. The van der Waals surface area contributed by atoms with Gasteiger partial charge in [0.2, 0.25) is 0 Å². The number of nitrogens with zero attached hydrogens (tertiary/aromatic N) is 2. The van der Waals surface area contributed by atoms with Gasteiger partial charge in [-0.1, -0.05) is 36.9 Å². The molecule has 0 bridgehead atoms. The minimum absolute atomic E-state index is 0.0743. The SMILES string of the molecule is C=CCSc1nc2sc3c(c2c(=O)n1-c1ccc(CC)cc1)CCCC3. The molecular weight excluding hydrogens is 360 g/mol. The van der Waals surface area contributed by atoms with Crippen LogP contribution in [0.3, 0.4) is 0 Å². The lowest BCUT2D eigenvalue weighted by atomic mass is 9.97. The molecule has 0 aliphatic heterocycles. The summed E-state index contributed by atoms with van der Waals surface area (Å²) >= 11 is 3.28. The fourth-order valence-corrected chi connectivity index (χ4v) is 5.57. The molecule has 4 rings (SSSR count). The molecule has 0 amide bonds. The molecule has 0 saturated heterocycles. The fraction of sp³-hybridized carbons (Fsp3) is 0.333. The molecule has 0 saturated carbocycles. The maximum absolute atomic E-state index is 13.5. The Balaban J connectivity index is 1.96. The topological polar surface area (TPSA) is 34.9 Å². The minimum atomic E-state index is 0.0743. The first-order valence-corrected chi connectivity index (χ1v) is 10.9. The van der Waals surface area contributed by atoms with Gasteiger partial charge in [-0.25, -0.2) is 4.98 Å². The molecule has 0 radical (unpaired) electrons. The Morgan fingerprint density at radius 2 is 2.04 bits per heavy atom. The molecule has 1 aromatic carbocycles. The van der Waals surface area contributed by atoms with Gasteiger partial charge in [-0.05, 0) is 55.4 Å². The van der Waals surface area contributed by atoms with Crippen molar-refractivity contribution in [2.75, 3.05) is 5.75 Å². The molecule has 0 atom stereocenters. The Labute approximate surface area is 161 Å². The maximum Gasteiger partial charge on any atom is 0.267 e. The van der Waals surface area contributed by atoms with Crippen molar-refractivity contribution >= 4 is 33.3 Å². The minimum Gasteiger partial charge on any atom is -0.268 e. The lowest BCUT2D eigenvalue weighted by molar-refractivity contribution is 0.699. The summed E-state index contributed by atoms with van der Waals surface area (Å²) in [6.07, 6.45) is 7.30. The Morgan fingerprint density at radius 3 is 2.77 bits per heavy atom. The summed E-state index contributed by atoms with van der Waals surface area (Å²) in [5, 5.41) is 1.59. The summed E-state index contributed by atoms with van der Waals surface area (Å²) in [6, 6.07) is 8.25. The first-order chi connectivity index (χ1) is 12.7. The van der Waals surface area contributed by atoms with Crippen molar-refractivity contribution in [3.05, 3.63) is 63.3 Å². The Morgan fingerprint density at radius 1 is 1.27 bits per heavy atom. The lowest BCUT2D eigenvalue weighted by Crippen LogP contribution is -2.22. The van der Waals surface area contributed by atoms with E-state index in [1.54, 1.807) is 27.7 Å². The van der Waals surface area contributed by atoms with Crippen LogP contribution in [0.25, 0.3) is 15.9 Å². The zero-order valence-corrected chi connectivity index (χ0v) is 16.6. The third-order valence-electron chi connectivity index (χ3n) is 4.89. The van der Waals surface area contributed by atoms with Gasteiger partial charge in [-0.15, -0.1) is 17.9 Å². The number of thioether (sulfide) groups is 1. The number of thiophene rings is 1. The van der Waals surface area contributed by atoms with Crippen LogP contribution in [0.4, 0.5) is 0 Å². The molecule has 0 N–H and O–H groups in total. The van der Waals surface area contributed by atoms with Crippen molar-refractivity contribution in [1.82, 2.24) is 9.55 Å². The van der Waals surface area contributed by atoms with Crippen molar-refractivity contribution in [1.29, 1.82) is 0 Å². The predicted octanol–water partition coefficient (Wildman–Crippen LogP) is 5.17. The van der Waals surface area contributed by atoms with Crippen LogP contribution in [0.1, 0.15) is 35.8 Å². The lowest BCUT2D eigenvalue weighted by Gasteiger charge is -2.13. The van der Waals surface area contributed by atoms with E-state index in [9.17, 15) is 4.79 Å². The van der Waals surface area contributed by atoms with Gasteiger partial charge in [0.05, 0.1) is 11.1 Å². The molecule has 0 unspecified atom stereocenters. The average Bonchev–Trinajstić information content (AvgIpc) is 3.05. The fourth-order valence-electron chi connectivity index (χ4n) is 3.53. The first kappa shape index (κ1) is 17.6. The molecule has 3 nitrogen and oxygen atoms in total. The van der Waals surface area contributed by atoms with E-state index >= 15 is 0 Å². The van der Waals surface area contributed by atoms with Crippen molar-refractivity contribution < 1.29 is 0 Å². The monoisotopic (exact) mass is 382 g/mol. The molecule has 0 fully saturated rings.